The number of halogens is 3. The number of carbonyl (C=O) groups is 1. The van der Waals surface area contributed by atoms with E-state index in [0.29, 0.717) is 41.5 Å². The van der Waals surface area contributed by atoms with Crippen molar-refractivity contribution in [2.45, 2.75) is 19.3 Å². The highest BCUT2D eigenvalue weighted by Crippen LogP contribution is 2.36. The van der Waals surface area contributed by atoms with Crippen molar-refractivity contribution in [2.24, 2.45) is 4.99 Å². The average molecular weight is 494 g/mol. The maximum Gasteiger partial charge on any atom is 0.573 e. The molecule has 0 atom stereocenters. The Morgan fingerprint density at radius 2 is 1.94 bits per heavy atom. The van der Waals surface area contributed by atoms with Crippen LogP contribution in [0.5, 0.6) is 17.2 Å². The number of aromatic nitrogens is 1. The minimum absolute atomic E-state index is 0.169. The second-order valence-electron chi connectivity index (χ2n) is 7.14. The van der Waals surface area contributed by atoms with Crippen LogP contribution >= 0.6 is 11.3 Å². The number of carbonyl (C=O) groups excluding carboxylic acids is 1. The first-order valence-corrected chi connectivity index (χ1v) is 11.1. The molecule has 0 bridgehead atoms. The molecule has 8 nitrogen and oxygen atoms in total. The molecule has 0 radical (unpaired) electrons. The van der Waals surface area contributed by atoms with Gasteiger partial charge in [-0.25, -0.2) is 9.79 Å². The number of rotatable bonds is 7. The van der Waals surface area contributed by atoms with E-state index in [2.05, 4.69) is 20.4 Å². The summed E-state index contributed by atoms with van der Waals surface area (Å²) in [7, 11) is 1.54. The summed E-state index contributed by atoms with van der Waals surface area (Å²) in [4.78, 5) is 16.7. The van der Waals surface area contributed by atoms with E-state index in [1.165, 1.54) is 35.6 Å². The van der Waals surface area contributed by atoms with E-state index in [1.54, 1.807) is 7.05 Å². The number of nitrogens with zero attached hydrogens (tertiary/aromatic N) is 2. The van der Waals surface area contributed by atoms with Crippen LogP contribution in [0.3, 0.4) is 0 Å². The normalized spacial score (nSPS) is 13.1. The fraction of sp³-hybridized carbons (Fsp3) is 0.273. The van der Waals surface area contributed by atoms with Gasteiger partial charge in [0.1, 0.15) is 5.75 Å². The Bertz CT molecular complexity index is 1220. The van der Waals surface area contributed by atoms with Crippen molar-refractivity contribution in [3.05, 3.63) is 52.6 Å². The first-order chi connectivity index (χ1) is 16.3. The molecule has 2 heterocycles. The zero-order valence-electron chi connectivity index (χ0n) is 18.0. The Balaban J connectivity index is 1.63. The standard InChI is InChI=1S/C22H21F3N4O4S/c1-26-20(30)27-9-2-10-29-17(14-3-8-18-19(11-14)32-13-31-18)12-34-21(29)28-15-4-6-16(7-5-15)33-22(23,24)25/h3-8,11-12H,2,9-10,13H2,1H3,(H2,26,27,30). The summed E-state index contributed by atoms with van der Waals surface area (Å²) in [6, 6.07) is 10.7. The minimum Gasteiger partial charge on any atom is -0.454 e. The van der Waals surface area contributed by atoms with Gasteiger partial charge < -0.3 is 29.4 Å². The molecule has 0 saturated heterocycles. The predicted octanol–water partition coefficient (Wildman–Crippen LogP) is 4.40. The average Bonchev–Trinajstić information content (AvgIpc) is 3.43. The lowest BCUT2D eigenvalue weighted by atomic mass is 10.1. The lowest BCUT2D eigenvalue weighted by Crippen LogP contribution is -2.34. The number of hydrogen-bond donors (Lipinski definition) is 2. The number of ether oxygens (including phenoxy) is 3. The van der Waals surface area contributed by atoms with Gasteiger partial charge in [0.05, 0.1) is 11.4 Å². The number of nitrogens with one attached hydrogen (secondary N) is 2. The van der Waals surface area contributed by atoms with Gasteiger partial charge in [0, 0.05) is 31.1 Å². The molecule has 4 rings (SSSR count). The maximum atomic E-state index is 12.4. The third-order valence-corrected chi connectivity index (χ3v) is 5.70. The predicted molar refractivity (Wildman–Crippen MR) is 119 cm³/mol. The molecule has 2 amide bonds. The number of amides is 2. The highest BCUT2D eigenvalue weighted by atomic mass is 32.1. The third-order valence-electron chi connectivity index (χ3n) is 4.83. The Morgan fingerprint density at radius 1 is 1.18 bits per heavy atom. The van der Waals surface area contributed by atoms with Gasteiger partial charge >= 0.3 is 12.4 Å². The second-order valence-corrected chi connectivity index (χ2v) is 7.97. The Labute approximate surface area is 196 Å². The molecular weight excluding hydrogens is 473 g/mol. The van der Waals surface area contributed by atoms with Gasteiger partial charge in [0.15, 0.2) is 16.3 Å². The fourth-order valence-corrected chi connectivity index (χ4v) is 4.24. The summed E-state index contributed by atoms with van der Waals surface area (Å²) in [5.41, 5.74) is 2.26. The van der Waals surface area contributed by atoms with Crippen molar-refractivity contribution in [1.82, 2.24) is 15.2 Å². The minimum atomic E-state index is -4.75. The molecule has 180 valence electrons. The van der Waals surface area contributed by atoms with Crippen LogP contribution in [0, 0.1) is 0 Å². The first-order valence-electron chi connectivity index (χ1n) is 10.3. The van der Waals surface area contributed by atoms with E-state index in [0.717, 1.165) is 11.3 Å². The Hall–Kier alpha value is -3.67. The van der Waals surface area contributed by atoms with Crippen molar-refractivity contribution in [3.63, 3.8) is 0 Å². The summed E-state index contributed by atoms with van der Waals surface area (Å²) in [6.07, 6.45) is -4.12. The fourth-order valence-electron chi connectivity index (χ4n) is 3.28. The molecule has 0 unspecified atom stereocenters. The highest BCUT2D eigenvalue weighted by molar-refractivity contribution is 7.07. The molecule has 0 spiro atoms. The number of thiazole rings is 1. The van der Waals surface area contributed by atoms with Gasteiger partial charge in [-0.2, -0.15) is 0 Å². The molecule has 2 N–H and O–H groups in total. The van der Waals surface area contributed by atoms with Crippen LogP contribution in [0.4, 0.5) is 23.7 Å². The van der Waals surface area contributed by atoms with Gasteiger partial charge in [0.25, 0.3) is 0 Å². The largest absolute Gasteiger partial charge is 0.573 e. The summed E-state index contributed by atoms with van der Waals surface area (Å²) < 4.78 is 54.0. The van der Waals surface area contributed by atoms with Crippen LogP contribution in [0.25, 0.3) is 11.3 Å². The van der Waals surface area contributed by atoms with E-state index in [1.807, 2.05) is 28.1 Å². The lowest BCUT2D eigenvalue weighted by Gasteiger charge is -2.11. The van der Waals surface area contributed by atoms with Crippen LogP contribution in [-0.2, 0) is 6.54 Å². The maximum absolute atomic E-state index is 12.4. The van der Waals surface area contributed by atoms with Crippen LogP contribution in [0.2, 0.25) is 0 Å². The SMILES string of the molecule is CNC(=O)NCCCn1c(-c2ccc3c(c2)OCO3)csc1=Nc1ccc(OC(F)(F)F)cc1. The van der Waals surface area contributed by atoms with E-state index in [-0.39, 0.29) is 18.6 Å². The van der Waals surface area contributed by atoms with E-state index < -0.39 is 6.36 Å². The van der Waals surface area contributed by atoms with Crippen molar-refractivity contribution in [3.8, 4) is 28.5 Å². The van der Waals surface area contributed by atoms with Crippen LogP contribution in [0.15, 0.2) is 52.8 Å². The smallest absolute Gasteiger partial charge is 0.454 e. The molecular formula is C22H21F3N4O4S. The molecule has 0 fully saturated rings. The van der Waals surface area contributed by atoms with Crippen LogP contribution in [-0.4, -0.2) is 37.3 Å². The Morgan fingerprint density at radius 3 is 2.68 bits per heavy atom. The van der Waals surface area contributed by atoms with E-state index >= 15 is 0 Å². The molecule has 1 aromatic heterocycles. The molecule has 1 aliphatic rings. The molecule has 0 saturated carbocycles. The summed E-state index contributed by atoms with van der Waals surface area (Å²) in [5, 5.41) is 7.20. The van der Waals surface area contributed by atoms with E-state index in [4.69, 9.17) is 9.47 Å². The summed E-state index contributed by atoms with van der Waals surface area (Å²) in [5.74, 6) is 1.01. The summed E-state index contributed by atoms with van der Waals surface area (Å²) in [6.45, 7) is 1.17. The van der Waals surface area contributed by atoms with Gasteiger partial charge in [-0.1, -0.05) is 0 Å². The number of benzene rings is 2. The highest BCUT2D eigenvalue weighted by Gasteiger charge is 2.30. The third kappa shape index (κ3) is 5.81. The number of alkyl halides is 3. The molecule has 12 heteroatoms. The Kier molecular flexibility index (Phi) is 6.96. The molecule has 3 aromatic rings. The van der Waals surface area contributed by atoms with Crippen LogP contribution in [0.1, 0.15) is 6.42 Å². The van der Waals surface area contributed by atoms with Crippen molar-refractivity contribution in [2.75, 3.05) is 20.4 Å². The van der Waals surface area contributed by atoms with E-state index in [9.17, 15) is 18.0 Å². The van der Waals surface area contributed by atoms with Gasteiger partial charge in [-0.15, -0.1) is 24.5 Å². The second kappa shape index (κ2) is 10.1. The van der Waals surface area contributed by atoms with Gasteiger partial charge in [0.2, 0.25) is 6.79 Å². The summed E-state index contributed by atoms with van der Waals surface area (Å²) >= 11 is 1.40. The van der Waals surface area contributed by atoms with Crippen LogP contribution < -0.4 is 29.6 Å². The quantitative estimate of drug-likeness (QED) is 0.477. The monoisotopic (exact) mass is 494 g/mol. The van der Waals surface area contributed by atoms with Gasteiger partial charge in [-0.05, 0) is 48.9 Å². The topological polar surface area (TPSA) is 86.1 Å². The van der Waals surface area contributed by atoms with Crippen molar-refractivity contribution >= 4 is 23.1 Å². The zero-order valence-corrected chi connectivity index (χ0v) is 18.8. The number of hydrogen-bond acceptors (Lipinski definition) is 6. The van der Waals surface area contributed by atoms with Crippen molar-refractivity contribution in [1.29, 1.82) is 0 Å². The molecule has 34 heavy (non-hydrogen) atoms. The molecule has 0 aliphatic carbocycles. The van der Waals surface area contributed by atoms with Gasteiger partial charge in [-0.3, -0.25) is 0 Å². The molecule has 1 aliphatic heterocycles. The van der Waals surface area contributed by atoms with Crippen molar-refractivity contribution < 1.29 is 32.2 Å². The number of urea groups is 1. The number of fused-ring (bicyclic) bond motifs is 1. The zero-order chi connectivity index (χ0) is 24.1. The first kappa shape index (κ1) is 23.5. The lowest BCUT2D eigenvalue weighted by molar-refractivity contribution is -0.274. The molecule has 2 aromatic carbocycles.